The lowest BCUT2D eigenvalue weighted by Gasteiger charge is -2.26. The number of nitrogens with zero attached hydrogens (tertiary/aromatic N) is 2. The van der Waals surface area contributed by atoms with E-state index in [0.29, 0.717) is 0 Å². The van der Waals surface area contributed by atoms with Crippen molar-refractivity contribution in [2.45, 2.75) is 54.4 Å². The standard InChI is InChI=1S/C26H32BN2/c1-17(2)19(5)21-9-7-11-25-23(21)13-15-28(25)27-29-16-14-24-22(20(6)18(3)4)10-8-12-26(24)29/h7-12H,13-16H2,1-6H3. The fourth-order valence-corrected chi connectivity index (χ4v) is 4.57. The second-order valence-electron chi connectivity index (χ2n) is 8.86. The third-order valence-electron chi connectivity index (χ3n) is 6.71. The molecule has 0 fully saturated rings. The lowest BCUT2D eigenvalue weighted by Crippen LogP contribution is -2.40. The van der Waals surface area contributed by atoms with E-state index in [1.165, 1.54) is 55.9 Å². The first-order valence-corrected chi connectivity index (χ1v) is 10.8. The summed E-state index contributed by atoms with van der Waals surface area (Å²) < 4.78 is 0. The quantitative estimate of drug-likeness (QED) is 0.574. The van der Waals surface area contributed by atoms with E-state index in [0.717, 1.165) is 25.9 Å². The summed E-state index contributed by atoms with van der Waals surface area (Å²) in [6.07, 6.45) is 2.23. The maximum Gasteiger partial charge on any atom is 0.391 e. The number of anilines is 2. The minimum absolute atomic E-state index is 1.06. The van der Waals surface area contributed by atoms with Gasteiger partial charge >= 0.3 is 7.55 Å². The second kappa shape index (κ2) is 7.78. The zero-order valence-electron chi connectivity index (χ0n) is 18.8. The third kappa shape index (κ3) is 3.52. The summed E-state index contributed by atoms with van der Waals surface area (Å²) in [4.78, 5) is 4.90. The second-order valence-corrected chi connectivity index (χ2v) is 8.86. The Morgan fingerprint density at radius 2 is 1.07 bits per heavy atom. The van der Waals surface area contributed by atoms with E-state index < -0.39 is 0 Å². The van der Waals surface area contributed by atoms with Gasteiger partial charge in [-0.1, -0.05) is 35.4 Å². The molecule has 0 atom stereocenters. The highest BCUT2D eigenvalue weighted by molar-refractivity contribution is 6.47. The van der Waals surface area contributed by atoms with E-state index in [2.05, 4.69) is 95.1 Å². The van der Waals surface area contributed by atoms with Gasteiger partial charge in [0.15, 0.2) is 0 Å². The van der Waals surface area contributed by atoms with E-state index in [9.17, 15) is 0 Å². The molecule has 0 aliphatic carbocycles. The van der Waals surface area contributed by atoms with Crippen LogP contribution in [0.5, 0.6) is 0 Å². The van der Waals surface area contributed by atoms with Crippen molar-refractivity contribution >= 4 is 30.1 Å². The van der Waals surface area contributed by atoms with Gasteiger partial charge in [-0.3, -0.25) is 0 Å². The molecule has 149 valence electrons. The van der Waals surface area contributed by atoms with Crippen LogP contribution >= 0.6 is 0 Å². The molecule has 3 heteroatoms. The Labute approximate surface area is 177 Å². The minimum atomic E-state index is 1.06. The van der Waals surface area contributed by atoms with Crippen molar-refractivity contribution in [3.63, 3.8) is 0 Å². The van der Waals surface area contributed by atoms with Crippen LogP contribution < -0.4 is 9.62 Å². The first-order valence-electron chi connectivity index (χ1n) is 10.8. The molecule has 0 saturated carbocycles. The predicted molar refractivity (Wildman–Crippen MR) is 129 cm³/mol. The summed E-state index contributed by atoms with van der Waals surface area (Å²) in [7, 11) is 2.35. The number of hydrogen-bond acceptors (Lipinski definition) is 2. The molecule has 0 saturated heterocycles. The maximum atomic E-state index is 2.45. The van der Waals surface area contributed by atoms with Gasteiger partial charge in [0.05, 0.1) is 0 Å². The first kappa shape index (κ1) is 19.9. The molecule has 0 aromatic heterocycles. The van der Waals surface area contributed by atoms with E-state index in [1.54, 1.807) is 0 Å². The number of allylic oxidation sites excluding steroid dienone is 4. The van der Waals surface area contributed by atoms with Gasteiger partial charge in [-0.2, -0.15) is 0 Å². The molecule has 0 spiro atoms. The van der Waals surface area contributed by atoms with Crippen molar-refractivity contribution in [3.8, 4) is 0 Å². The predicted octanol–water partition coefficient (Wildman–Crippen LogP) is 6.27. The zero-order valence-corrected chi connectivity index (χ0v) is 18.8. The van der Waals surface area contributed by atoms with E-state index >= 15 is 0 Å². The summed E-state index contributed by atoms with van der Waals surface area (Å²) in [6.45, 7) is 15.5. The highest BCUT2D eigenvalue weighted by Crippen LogP contribution is 2.37. The van der Waals surface area contributed by atoms with Crippen molar-refractivity contribution < 1.29 is 0 Å². The van der Waals surface area contributed by atoms with Gasteiger partial charge in [0.1, 0.15) is 0 Å². The van der Waals surface area contributed by atoms with E-state index in [4.69, 9.17) is 0 Å². The Bertz CT molecular complexity index is 926. The average Bonchev–Trinajstić information content (AvgIpc) is 3.31. The molecule has 0 unspecified atom stereocenters. The molecule has 2 aromatic carbocycles. The monoisotopic (exact) mass is 383 g/mol. The van der Waals surface area contributed by atoms with Crippen LogP contribution in [0.3, 0.4) is 0 Å². The van der Waals surface area contributed by atoms with Gasteiger partial charge in [0.2, 0.25) is 0 Å². The molecule has 0 bridgehead atoms. The van der Waals surface area contributed by atoms with Crippen LogP contribution in [-0.4, -0.2) is 20.6 Å². The molecule has 4 rings (SSSR count). The molecule has 2 nitrogen and oxygen atoms in total. The van der Waals surface area contributed by atoms with Gasteiger partial charge in [-0.15, -0.1) is 0 Å². The molecular weight excluding hydrogens is 351 g/mol. The van der Waals surface area contributed by atoms with E-state index in [1.807, 2.05) is 0 Å². The average molecular weight is 383 g/mol. The first-order chi connectivity index (χ1) is 13.9. The molecule has 2 aromatic rings. The molecule has 29 heavy (non-hydrogen) atoms. The Hall–Kier alpha value is -2.42. The fourth-order valence-electron chi connectivity index (χ4n) is 4.57. The van der Waals surface area contributed by atoms with Crippen molar-refractivity contribution in [2.24, 2.45) is 0 Å². The number of hydrogen-bond donors (Lipinski definition) is 0. The van der Waals surface area contributed by atoms with Crippen LogP contribution in [0.4, 0.5) is 11.4 Å². The molecule has 0 N–H and O–H groups in total. The van der Waals surface area contributed by atoms with Gasteiger partial charge in [0.25, 0.3) is 0 Å². The minimum Gasteiger partial charge on any atom is -0.398 e. The Kier molecular flexibility index (Phi) is 5.33. The molecule has 2 heterocycles. The molecule has 0 amide bonds. The van der Waals surface area contributed by atoms with Crippen LogP contribution in [0, 0.1) is 0 Å². The smallest absolute Gasteiger partial charge is 0.391 e. The molecule has 2 aliphatic rings. The number of benzene rings is 2. The normalized spacial score (nSPS) is 14.6. The lowest BCUT2D eigenvalue weighted by molar-refractivity contribution is 0.996. The molecule has 2 aliphatic heterocycles. The number of fused-ring (bicyclic) bond motifs is 2. The van der Waals surface area contributed by atoms with Gasteiger partial charge < -0.3 is 9.62 Å². The van der Waals surface area contributed by atoms with Crippen LogP contribution in [0.2, 0.25) is 0 Å². The third-order valence-corrected chi connectivity index (χ3v) is 6.71. The Morgan fingerprint density at radius 1 is 0.655 bits per heavy atom. The Balaban J connectivity index is 1.63. The molecule has 1 radical (unpaired) electrons. The summed E-state index contributed by atoms with van der Waals surface area (Å²) >= 11 is 0. The number of rotatable bonds is 4. The van der Waals surface area contributed by atoms with Crippen LogP contribution in [0.15, 0.2) is 47.5 Å². The highest BCUT2D eigenvalue weighted by Gasteiger charge is 2.29. The molecular formula is C26H32BN2. The van der Waals surface area contributed by atoms with Crippen molar-refractivity contribution in [1.82, 2.24) is 0 Å². The summed E-state index contributed by atoms with van der Waals surface area (Å²) in [5.41, 5.74) is 14.2. The van der Waals surface area contributed by atoms with Gasteiger partial charge in [-0.05, 0) is 99.9 Å². The highest BCUT2D eigenvalue weighted by atomic mass is 15.2. The maximum absolute atomic E-state index is 2.45. The van der Waals surface area contributed by atoms with Gasteiger partial charge in [-0.25, -0.2) is 0 Å². The van der Waals surface area contributed by atoms with Gasteiger partial charge in [0, 0.05) is 24.5 Å². The summed E-state index contributed by atoms with van der Waals surface area (Å²) in [5.74, 6) is 0. The van der Waals surface area contributed by atoms with Crippen molar-refractivity contribution in [2.75, 3.05) is 22.7 Å². The van der Waals surface area contributed by atoms with Crippen molar-refractivity contribution in [3.05, 3.63) is 69.8 Å². The Morgan fingerprint density at radius 3 is 1.45 bits per heavy atom. The van der Waals surface area contributed by atoms with Crippen LogP contribution in [-0.2, 0) is 12.8 Å². The fraction of sp³-hybridized carbons (Fsp3) is 0.385. The van der Waals surface area contributed by atoms with Crippen LogP contribution in [0.1, 0.15) is 63.8 Å². The SMILES string of the molecule is CC(C)=C(C)c1cccc2c1CCN2[B]N1CCc2c(C(C)=C(C)C)cccc21. The van der Waals surface area contributed by atoms with Crippen molar-refractivity contribution in [1.29, 1.82) is 0 Å². The summed E-state index contributed by atoms with van der Waals surface area (Å²) in [6, 6.07) is 13.5. The zero-order chi connectivity index (χ0) is 20.7. The summed E-state index contributed by atoms with van der Waals surface area (Å²) in [5, 5.41) is 0. The van der Waals surface area contributed by atoms with Crippen LogP contribution in [0.25, 0.3) is 11.1 Å². The lowest BCUT2D eigenvalue weighted by atomic mass is 9.95. The largest absolute Gasteiger partial charge is 0.398 e. The van der Waals surface area contributed by atoms with E-state index in [-0.39, 0.29) is 0 Å². The topological polar surface area (TPSA) is 6.48 Å².